The van der Waals surface area contributed by atoms with Gasteiger partial charge in [0.1, 0.15) is 30.3 Å². The molecule has 2 aromatic carbocycles. The summed E-state index contributed by atoms with van der Waals surface area (Å²) in [5.74, 6) is -3.41. The molecule has 0 bridgehead atoms. The van der Waals surface area contributed by atoms with Crippen LogP contribution in [0.25, 0.3) is 0 Å². The van der Waals surface area contributed by atoms with Crippen LogP contribution in [0, 0.1) is 23.7 Å². The molecule has 0 unspecified atom stereocenters. The Balaban J connectivity index is 1.29. The maximum atomic E-state index is 14.6. The summed E-state index contributed by atoms with van der Waals surface area (Å²) < 4.78 is 10.9. The number of hydrogen-bond acceptors (Lipinski definition) is 10. The third-order valence-corrected chi connectivity index (χ3v) is 12.9. The van der Waals surface area contributed by atoms with Gasteiger partial charge in [-0.1, -0.05) is 86.7 Å². The lowest BCUT2D eigenvalue weighted by atomic mass is 9.79. The number of nitrogens with zero attached hydrogens (tertiary/aromatic N) is 2. The molecule has 6 N–H and O–H groups in total. The van der Waals surface area contributed by atoms with E-state index >= 15 is 0 Å². The molecule has 0 radical (unpaired) electrons. The first-order valence-corrected chi connectivity index (χ1v) is 24.9. The highest BCUT2D eigenvalue weighted by Crippen LogP contribution is 2.38. The fourth-order valence-corrected chi connectivity index (χ4v) is 9.63. The van der Waals surface area contributed by atoms with Crippen LogP contribution >= 0.6 is 0 Å². The number of benzene rings is 2. The number of hydroxylamine groups is 2. The van der Waals surface area contributed by atoms with E-state index in [2.05, 4.69) is 40.4 Å². The van der Waals surface area contributed by atoms with Gasteiger partial charge in [-0.3, -0.25) is 19.2 Å². The highest BCUT2D eigenvalue weighted by molar-refractivity contribution is 6.02. The van der Waals surface area contributed by atoms with Crippen LogP contribution in [0.5, 0.6) is 0 Å². The van der Waals surface area contributed by atoms with Gasteiger partial charge in [-0.2, -0.15) is 5.06 Å². The predicted octanol–water partition coefficient (Wildman–Crippen LogP) is 7.15. The van der Waals surface area contributed by atoms with Crippen molar-refractivity contribution in [3.8, 4) is 0 Å². The number of piperidine rings is 1. The van der Waals surface area contributed by atoms with Crippen LogP contribution in [0.2, 0.25) is 0 Å². The molecule has 3 fully saturated rings. The number of ether oxygens (including phenoxy) is 2. The van der Waals surface area contributed by atoms with Crippen LogP contribution in [0.1, 0.15) is 131 Å². The zero-order chi connectivity index (χ0) is 50.5. The monoisotopic (exact) mass is 958 g/mol. The van der Waals surface area contributed by atoms with Gasteiger partial charge in [0.25, 0.3) is 0 Å². The summed E-state index contributed by atoms with van der Waals surface area (Å²) in [7, 11) is 0. The smallest absolute Gasteiger partial charge is 0.408 e. The molecule has 1 aliphatic carbocycles. The Bertz CT molecular complexity index is 2050. The standard InChI is InChI=1S/C53H79N7O9/c1-35(2)30-40(56-50(66)69-51(3,4)5)27-26-39(31-36-18-12-10-13-19-36)48(64)59-29-17-23-43(59)58-47(63)44(38-24-25-38)46(62)57-42(22-16-28-54-49(65)68-34-37-20-14-11-15-21-37)45(61)55-41-32-52(6,7)60(67)53(8,9)33-41/h10-15,18-21,26-27,35,38-44,67H,16-17,22-25,28-34H2,1-9H3,(H,54,65)(H,55,61)(H,56,66)(H,57,62)(H,58,63)/b27-26+/t39-,40+,42-,43-,44-/m0/s1. The van der Waals surface area contributed by atoms with Gasteiger partial charge in [0.05, 0.1) is 12.0 Å². The summed E-state index contributed by atoms with van der Waals surface area (Å²) in [4.78, 5) is 84.5. The molecule has 3 aliphatic rings. The van der Waals surface area contributed by atoms with E-state index < -0.39 is 76.7 Å². The molecular formula is C53H79N7O9. The van der Waals surface area contributed by atoms with Gasteiger partial charge in [0, 0.05) is 30.2 Å². The molecule has 2 aliphatic heterocycles. The molecule has 2 aromatic rings. The minimum absolute atomic E-state index is 0.101. The summed E-state index contributed by atoms with van der Waals surface area (Å²) in [6.07, 6.45) is 6.78. The average molecular weight is 958 g/mol. The van der Waals surface area contributed by atoms with Crippen LogP contribution in [-0.4, -0.2) is 105 Å². The third kappa shape index (κ3) is 17.2. The van der Waals surface area contributed by atoms with Gasteiger partial charge in [-0.05, 0) is 136 Å². The molecule has 16 heteroatoms. The molecule has 2 heterocycles. The van der Waals surface area contributed by atoms with E-state index in [1.165, 1.54) is 5.06 Å². The Morgan fingerprint density at radius 2 is 1.42 bits per heavy atom. The zero-order valence-electron chi connectivity index (χ0n) is 42.3. The molecule has 69 heavy (non-hydrogen) atoms. The Hall–Kier alpha value is -5.48. The van der Waals surface area contributed by atoms with Gasteiger partial charge in [-0.15, -0.1) is 0 Å². The number of rotatable bonds is 21. The van der Waals surface area contributed by atoms with Crippen molar-refractivity contribution < 1.29 is 43.4 Å². The first-order chi connectivity index (χ1) is 32.5. The van der Waals surface area contributed by atoms with E-state index in [9.17, 15) is 34.0 Å². The summed E-state index contributed by atoms with van der Waals surface area (Å²) in [5.41, 5.74) is -0.163. The minimum Gasteiger partial charge on any atom is -0.445 e. The number of nitrogens with one attached hydrogen (secondary N) is 5. The number of carbonyl (C=O) groups excluding carboxylic acids is 6. The normalized spacial score (nSPS) is 20.0. The quantitative estimate of drug-likeness (QED) is 0.0423. The Kier molecular flexibility index (Phi) is 19.2. The van der Waals surface area contributed by atoms with E-state index in [-0.39, 0.29) is 43.4 Å². The molecule has 16 nitrogen and oxygen atoms in total. The van der Waals surface area contributed by atoms with Gasteiger partial charge >= 0.3 is 12.2 Å². The van der Waals surface area contributed by atoms with Gasteiger partial charge in [-0.25, -0.2) is 9.59 Å². The first kappa shape index (κ1) is 54.5. The number of carbonyl (C=O) groups is 6. The maximum Gasteiger partial charge on any atom is 0.408 e. The number of alkyl carbamates (subject to hydrolysis) is 2. The number of hydrogen-bond donors (Lipinski definition) is 6. The fourth-order valence-electron chi connectivity index (χ4n) is 9.63. The molecule has 0 spiro atoms. The van der Waals surface area contributed by atoms with E-state index in [1.807, 2.05) is 101 Å². The molecule has 5 rings (SSSR count). The largest absolute Gasteiger partial charge is 0.445 e. The molecule has 2 saturated heterocycles. The van der Waals surface area contributed by atoms with Crippen molar-refractivity contribution >= 4 is 35.8 Å². The molecule has 6 amide bonds. The van der Waals surface area contributed by atoms with Crippen LogP contribution in [-0.2, 0) is 41.7 Å². The van der Waals surface area contributed by atoms with E-state index in [1.54, 1.807) is 25.7 Å². The number of amides is 6. The van der Waals surface area contributed by atoms with Gasteiger partial charge < -0.3 is 46.2 Å². The second-order valence-electron chi connectivity index (χ2n) is 21.8. The zero-order valence-corrected chi connectivity index (χ0v) is 42.3. The van der Waals surface area contributed by atoms with Crippen molar-refractivity contribution in [1.82, 2.24) is 36.5 Å². The lowest BCUT2D eigenvalue weighted by Crippen LogP contribution is -2.64. The maximum absolute atomic E-state index is 14.6. The van der Waals surface area contributed by atoms with E-state index in [0.29, 0.717) is 64.3 Å². The summed E-state index contributed by atoms with van der Waals surface area (Å²) in [6.45, 7) is 17.8. The van der Waals surface area contributed by atoms with Crippen molar-refractivity contribution in [2.75, 3.05) is 13.1 Å². The molecular weight excluding hydrogens is 879 g/mol. The SMILES string of the molecule is CC(C)C[C@@H](/C=C/[C@@H](Cc1ccccc1)C(=O)N1CCC[C@H]1NC(=O)[C@H](C(=O)N[C@@H](CCCNC(=O)OCc1ccccc1)C(=O)NC1CC(C)(C)N(O)C(C)(C)C1)C1CC1)NC(=O)OC(C)(C)C. The third-order valence-electron chi connectivity index (χ3n) is 12.9. The second kappa shape index (κ2) is 24.4. The fraction of sp³-hybridized carbons (Fsp3) is 0.623. The van der Waals surface area contributed by atoms with Crippen molar-refractivity contribution in [2.45, 2.75) is 174 Å². The summed E-state index contributed by atoms with van der Waals surface area (Å²) in [6, 6.07) is 17.2. The Morgan fingerprint density at radius 3 is 2.01 bits per heavy atom. The van der Waals surface area contributed by atoms with E-state index in [4.69, 9.17) is 9.47 Å². The lowest BCUT2D eigenvalue weighted by molar-refractivity contribution is -0.246. The lowest BCUT2D eigenvalue weighted by Gasteiger charge is -2.51. The highest BCUT2D eigenvalue weighted by atomic mass is 16.6. The van der Waals surface area contributed by atoms with Gasteiger partial charge in [0.15, 0.2) is 0 Å². The molecule has 1 saturated carbocycles. The van der Waals surface area contributed by atoms with Crippen molar-refractivity contribution in [1.29, 1.82) is 0 Å². The Labute approximate surface area is 409 Å². The second-order valence-corrected chi connectivity index (χ2v) is 21.8. The molecule has 0 aromatic heterocycles. The number of likely N-dealkylation sites (tertiary alicyclic amines) is 1. The van der Waals surface area contributed by atoms with Crippen LogP contribution in [0.15, 0.2) is 72.8 Å². The van der Waals surface area contributed by atoms with Gasteiger partial charge in [0.2, 0.25) is 23.6 Å². The highest BCUT2D eigenvalue weighted by Gasteiger charge is 2.47. The summed E-state index contributed by atoms with van der Waals surface area (Å²) in [5, 5.41) is 27.0. The van der Waals surface area contributed by atoms with Crippen LogP contribution in [0.3, 0.4) is 0 Å². The summed E-state index contributed by atoms with van der Waals surface area (Å²) >= 11 is 0. The average Bonchev–Trinajstić information content (AvgIpc) is 3.99. The predicted molar refractivity (Wildman–Crippen MR) is 263 cm³/mol. The van der Waals surface area contributed by atoms with Crippen molar-refractivity contribution in [3.05, 3.63) is 83.9 Å². The van der Waals surface area contributed by atoms with Crippen molar-refractivity contribution in [2.24, 2.45) is 23.7 Å². The molecule has 5 atom stereocenters. The molecule has 380 valence electrons. The minimum atomic E-state index is -1.10. The van der Waals surface area contributed by atoms with Crippen molar-refractivity contribution in [3.63, 3.8) is 0 Å². The Morgan fingerprint density at radius 1 is 0.797 bits per heavy atom. The topological polar surface area (TPSA) is 208 Å². The van der Waals surface area contributed by atoms with E-state index in [0.717, 1.165) is 11.1 Å². The first-order valence-electron chi connectivity index (χ1n) is 24.9. The van der Waals surface area contributed by atoms with Crippen LogP contribution in [0.4, 0.5) is 9.59 Å². The van der Waals surface area contributed by atoms with Crippen LogP contribution < -0.4 is 26.6 Å².